The Morgan fingerprint density at radius 3 is 2.91 bits per heavy atom. The molecule has 0 saturated carbocycles. The van der Waals surface area contributed by atoms with Gasteiger partial charge in [-0.3, -0.25) is 10.5 Å². The maximum atomic E-state index is 12.3. The lowest BCUT2D eigenvalue weighted by Gasteiger charge is -2.47. The van der Waals surface area contributed by atoms with Gasteiger partial charge in [-0.15, -0.1) is 0 Å². The Kier molecular flexibility index (Phi) is 2.81. The molecule has 12 nitrogen and oxygen atoms in total. The van der Waals surface area contributed by atoms with Crippen molar-refractivity contribution in [2.24, 2.45) is 22.2 Å². The highest BCUT2D eigenvalue weighted by Gasteiger charge is 2.73. The predicted molar refractivity (Wildman–Crippen MR) is 71.9 cm³/mol. The van der Waals surface area contributed by atoms with Gasteiger partial charge < -0.3 is 36.9 Å². The highest BCUT2D eigenvalue weighted by molar-refractivity contribution is 5.85. The monoisotopic (exact) mass is 315 g/mol. The average Bonchev–Trinajstić information content (AvgIpc) is 2.89. The summed E-state index contributed by atoms with van der Waals surface area (Å²) in [6.45, 7) is -0.304. The molecular formula is C10H17N7O5. The third kappa shape index (κ3) is 1.61. The maximum absolute atomic E-state index is 12.3. The van der Waals surface area contributed by atoms with Gasteiger partial charge in [-0.2, -0.15) is 0 Å². The van der Waals surface area contributed by atoms with Gasteiger partial charge in [0, 0.05) is 6.42 Å². The maximum Gasteiger partial charge on any atom is 0.404 e. The molecule has 1 saturated heterocycles. The first kappa shape index (κ1) is 14.5. The van der Waals surface area contributed by atoms with Crippen molar-refractivity contribution in [1.82, 2.24) is 10.2 Å². The molecule has 3 heterocycles. The van der Waals surface area contributed by atoms with E-state index in [1.165, 1.54) is 4.90 Å². The number of hydrogen-bond acceptors (Lipinski definition) is 10. The van der Waals surface area contributed by atoms with Crippen molar-refractivity contribution in [2.45, 2.75) is 30.0 Å². The van der Waals surface area contributed by atoms with Crippen LogP contribution in [0.2, 0.25) is 0 Å². The predicted octanol–water partition coefficient (Wildman–Crippen LogP) is -4.34. The fourth-order valence-electron chi connectivity index (χ4n) is 3.36. The minimum atomic E-state index is -2.24. The Morgan fingerprint density at radius 2 is 2.27 bits per heavy atom. The van der Waals surface area contributed by atoms with Crippen molar-refractivity contribution in [3.63, 3.8) is 0 Å². The number of nitrogens with one attached hydrogen (secondary N) is 1. The molecule has 0 radical (unpaired) electrons. The van der Waals surface area contributed by atoms with Crippen LogP contribution in [0.4, 0.5) is 4.79 Å². The van der Waals surface area contributed by atoms with E-state index in [9.17, 15) is 20.2 Å². The molecule has 9 N–H and O–H groups in total. The molecule has 3 aliphatic rings. The Morgan fingerprint density at radius 1 is 1.59 bits per heavy atom. The molecule has 0 aromatic rings. The molecular weight excluding hydrogens is 298 g/mol. The zero-order chi connectivity index (χ0) is 16.3. The molecule has 1 amide bonds. The Labute approximate surface area is 124 Å². The summed E-state index contributed by atoms with van der Waals surface area (Å²) in [7, 11) is 0. The molecule has 3 aliphatic heterocycles. The molecule has 0 aliphatic carbocycles. The molecule has 0 bridgehead atoms. The van der Waals surface area contributed by atoms with Crippen molar-refractivity contribution < 1.29 is 24.5 Å². The molecule has 0 aromatic heterocycles. The number of carbonyl (C=O) groups is 1. The number of rotatable bonds is 2. The smallest absolute Gasteiger partial charge is 0.404 e. The van der Waals surface area contributed by atoms with Gasteiger partial charge in [-0.25, -0.2) is 14.7 Å². The van der Waals surface area contributed by atoms with Gasteiger partial charge >= 0.3 is 12.1 Å². The number of ether oxygens (including phenoxy) is 1. The normalized spacial score (nSPS) is 35.5. The number of guanidine groups is 2. The van der Waals surface area contributed by atoms with Crippen molar-refractivity contribution in [3.8, 4) is 0 Å². The van der Waals surface area contributed by atoms with E-state index >= 15 is 0 Å². The van der Waals surface area contributed by atoms with E-state index in [1.54, 1.807) is 0 Å². The fourth-order valence-corrected chi connectivity index (χ4v) is 3.36. The summed E-state index contributed by atoms with van der Waals surface area (Å²) in [5.41, 5.74) is 14.8. The first-order valence-corrected chi connectivity index (χ1v) is 6.55. The van der Waals surface area contributed by atoms with E-state index in [-0.39, 0.29) is 24.9 Å². The van der Waals surface area contributed by atoms with E-state index in [2.05, 4.69) is 15.0 Å². The molecule has 3 rings (SSSR count). The average molecular weight is 315 g/mol. The summed E-state index contributed by atoms with van der Waals surface area (Å²) in [4.78, 5) is 16.2. The van der Waals surface area contributed by atoms with Crippen molar-refractivity contribution in [1.29, 1.82) is 0 Å². The molecule has 1 fully saturated rings. The standard InChI is InChI=1S/C10H17N7O5/c11-6-14-5-4(3-22-8(13)18)17(21)7(12)16-2-1-9(19,20)10(5,16)15-6/h4-5,19-20H,1-3,12H2,(H2,13,18)(H3,11,14,15)/t4?,5-,10?/m0/s1. The summed E-state index contributed by atoms with van der Waals surface area (Å²) in [6.07, 6.45) is -1.14. The highest BCUT2D eigenvalue weighted by atomic mass is 16.6. The van der Waals surface area contributed by atoms with Gasteiger partial charge in [0.2, 0.25) is 11.4 Å². The van der Waals surface area contributed by atoms with Crippen LogP contribution in [0.15, 0.2) is 4.99 Å². The SMILES string of the molecule is NC(=O)OCC1[C@@H]2N=C(N)NC23N(CCC3(O)O)C(N)=[N+]1[O-]. The van der Waals surface area contributed by atoms with Crippen molar-refractivity contribution in [2.75, 3.05) is 13.2 Å². The summed E-state index contributed by atoms with van der Waals surface area (Å²) < 4.78 is 5.08. The van der Waals surface area contributed by atoms with Gasteiger partial charge in [0.25, 0.3) is 0 Å². The van der Waals surface area contributed by atoms with Crippen molar-refractivity contribution >= 4 is 18.0 Å². The quantitative estimate of drug-likeness (QED) is 0.165. The second kappa shape index (κ2) is 4.27. The molecule has 2 unspecified atom stereocenters. The van der Waals surface area contributed by atoms with Crippen LogP contribution in [0.1, 0.15) is 6.42 Å². The minimum absolute atomic E-state index is 0.0722. The first-order chi connectivity index (χ1) is 10.2. The lowest BCUT2D eigenvalue weighted by molar-refractivity contribution is -0.529. The number of hydroxylamine groups is 1. The summed E-state index contributed by atoms with van der Waals surface area (Å²) in [6, 6.07) is -2.12. The van der Waals surface area contributed by atoms with Gasteiger partial charge in [-0.1, -0.05) is 0 Å². The van der Waals surface area contributed by atoms with Gasteiger partial charge in [0.1, 0.15) is 12.6 Å². The number of carbonyl (C=O) groups excluding carboxylic acids is 1. The number of nitrogens with zero attached hydrogens (tertiary/aromatic N) is 3. The molecule has 12 heteroatoms. The molecule has 122 valence electrons. The lowest BCUT2D eigenvalue weighted by Crippen LogP contribution is -2.79. The Bertz CT molecular complexity index is 590. The molecule has 22 heavy (non-hydrogen) atoms. The van der Waals surface area contributed by atoms with Gasteiger partial charge in [-0.05, 0) is 0 Å². The number of primary amides is 1. The van der Waals surface area contributed by atoms with Crippen LogP contribution >= 0.6 is 0 Å². The lowest BCUT2D eigenvalue weighted by atomic mass is 9.86. The number of amides is 1. The van der Waals surface area contributed by atoms with E-state index in [4.69, 9.17) is 17.2 Å². The van der Waals surface area contributed by atoms with Crippen LogP contribution in [0.3, 0.4) is 0 Å². The second-order valence-corrected chi connectivity index (χ2v) is 5.45. The topological polar surface area (TPSA) is 199 Å². The van der Waals surface area contributed by atoms with Crippen LogP contribution in [0.5, 0.6) is 0 Å². The van der Waals surface area contributed by atoms with Crippen molar-refractivity contribution in [3.05, 3.63) is 5.21 Å². The van der Waals surface area contributed by atoms with Gasteiger partial charge in [0.15, 0.2) is 12.0 Å². The number of aliphatic hydroxyl groups is 2. The van der Waals surface area contributed by atoms with Crippen LogP contribution < -0.4 is 22.5 Å². The summed E-state index contributed by atoms with van der Waals surface area (Å²) in [5.74, 6) is -2.56. The van der Waals surface area contributed by atoms with Crippen LogP contribution in [-0.2, 0) is 4.74 Å². The molecule has 3 atom stereocenters. The second-order valence-electron chi connectivity index (χ2n) is 5.45. The van der Waals surface area contributed by atoms with E-state index in [1.807, 2.05) is 0 Å². The molecule has 1 spiro atoms. The zero-order valence-electron chi connectivity index (χ0n) is 11.5. The highest BCUT2D eigenvalue weighted by Crippen LogP contribution is 2.44. The largest absolute Gasteiger partial charge is 0.744 e. The third-order valence-electron chi connectivity index (χ3n) is 4.31. The Balaban J connectivity index is 2.08. The van der Waals surface area contributed by atoms with E-state index < -0.39 is 36.2 Å². The summed E-state index contributed by atoms with van der Waals surface area (Å²) >= 11 is 0. The first-order valence-electron chi connectivity index (χ1n) is 6.55. The van der Waals surface area contributed by atoms with E-state index in [0.717, 1.165) is 0 Å². The van der Waals surface area contributed by atoms with E-state index in [0.29, 0.717) is 4.74 Å². The number of aliphatic imine (C=N–C) groups is 1. The molecule has 0 aromatic carbocycles. The van der Waals surface area contributed by atoms with Crippen LogP contribution in [-0.4, -0.2) is 74.5 Å². The number of nitrogens with two attached hydrogens (primary N) is 3. The Hall–Kier alpha value is -2.47. The van der Waals surface area contributed by atoms with Gasteiger partial charge in [0.05, 0.1) is 6.54 Å². The van der Waals surface area contributed by atoms with Crippen LogP contribution in [0.25, 0.3) is 0 Å². The fraction of sp³-hybridized carbons (Fsp3) is 0.700. The van der Waals surface area contributed by atoms with Crippen LogP contribution in [0, 0.1) is 5.21 Å². The summed E-state index contributed by atoms with van der Waals surface area (Å²) in [5, 5.41) is 35.8. The minimum Gasteiger partial charge on any atom is -0.744 e. The number of hydrogen-bond donors (Lipinski definition) is 6. The third-order valence-corrected chi connectivity index (χ3v) is 4.31. The zero-order valence-corrected chi connectivity index (χ0v) is 11.5.